The van der Waals surface area contributed by atoms with Crippen molar-refractivity contribution in [2.75, 3.05) is 7.11 Å². The number of hydrogen-bond donors (Lipinski definition) is 0. The van der Waals surface area contributed by atoms with E-state index in [1.165, 1.54) is 5.56 Å². The Morgan fingerprint density at radius 1 is 1.08 bits per heavy atom. The van der Waals surface area contributed by atoms with Gasteiger partial charge in [-0.3, -0.25) is 0 Å². The lowest BCUT2D eigenvalue weighted by Gasteiger charge is -2.08. The zero-order valence-corrected chi connectivity index (χ0v) is 14.6. The number of ether oxygens (including phenoxy) is 1. The Morgan fingerprint density at radius 3 is 2.71 bits per heavy atom. The fraction of sp³-hybridized carbons (Fsp3) is 0.263. The summed E-state index contributed by atoms with van der Waals surface area (Å²) in [6.45, 7) is 2.17. The predicted octanol–water partition coefficient (Wildman–Crippen LogP) is 4.72. The van der Waals surface area contributed by atoms with Crippen LogP contribution in [0, 0.1) is 0 Å². The van der Waals surface area contributed by atoms with Gasteiger partial charge in [0.2, 0.25) is 5.89 Å². The normalized spacial score (nSPS) is 12.1. The Balaban J connectivity index is 1.57. The average Bonchev–Trinajstić information content (AvgIpc) is 3.08. The highest BCUT2D eigenvalue weighted by molar-refractivity contribution is 7.98. The number of nitrogens with zero attached hydrogens (tertiary/aromatic N) is 2. The summed E-state index contributed by atoms with van der Waals surface area (Å²) in [6, 6.07) is 18.4. The third kappa shape index (κ3) is 4.38. The van der Waals surface area contributed by atoms with Crippen molar-refractivity contribution in [2.24, 2.45) is 0 Å². The molecule has 1 unspecified atom stereocenters. The zero-order valence-electron chi connectivity index (χ0n) is 13.8. The number of thioether (sulfide) groups is 1. The van der Waals surface area contributed by atoms with E-state index in [-0.39, 0.29) is 0 Å². The summed E-state index contributed by atoms with van der Waals surface area (Å²) in [6.07, 6.45) is 0.747. The van der Waals surface area contributed by atoms with E-state index in [0.717, 1.165) is 23.5 Å². The van der Waals surface area contributed by atoms with Crippen molar-refractivity contribution < 1.29 is 9.15 Å². The van der Waals surface area contributed by atoms with Crippen LogP contribution in [0.2, 0.25) is 0 Å². The monoisotopic (exact) mass is 340 g/mol. The van der Waals surface area contributed by atoms with E-state index in [1.807, 2.05) is 24.3 Å². The number of benzene rings is 2. The first-order chi connectivity index (χ1) is 11.7. The van der Waals surface area contributed by atoms with Crippen LogP contribution in [0.4, 0.5) is 0 Å². The smallest absolute Gasteiger partial charge is 0.276 e. The minimum Gasteiger partial charge on any atom is -0.497 e. The third-order valence-electron chi connectivity index (χ3n) is 3.79. The third-order valence-corrected chi connectivity index (χ3v) is 4.68. The Labute approximate surface area is 146 Å². The lowest BCUT2D eigenvalue weighted by atomic mass is 9.98. The number of hydrogen-bond acceptors (Lipinski definition) is 5. The van der Waals surface area contributed by atoms with Crippen LogP contribution in [0.3, 0.4) is 0 Å². The molecule has 4 nitrogen and oxygen atoms in total. The van der Waals surface area contributed by atoms with E-state index in [0.29, 0.717) is 17.0 Å². The molecule has 0 aliphatic rings. The van der Waals surface area contributed by atoms with Gasteiger partial charge in [-0.15, -0.1) is 10.2 Å². The van der Waals surface area contributed by atoms with Gasteiger partial charge < -0.3 is 9.15 Å². The van der Waals surface area contributed by atoms with Gasteiger partial charge in [-0.2, -0.15) is 0 Å². The van der Waals surface area contributed by atoms with Crippen molar-refractivity contribution >= 4 is 11.8 Å². The van der Waals surface area contributed by atoms with Crippen molar-refractivity contribution in [1.29, 1.82) is 0 Å². The summed E-state index contributed by atoms with van der Waals surface area (Å²) in [5, 5.41) is 8.91. The maximum Gasteiger partial charge on any atom is 0.276 e. The van der Waals surface area contributed by atoms with Crippen LogP contribution in [-0.2, 0) is 12.2 Å². The molecule has 0 bridgehead atoms. The van der Waals surface area contributed by atoms with Gasteiger partial charge in [-0.1, -0.05) is 61.2 Å². The van der Waals surface area contributed by atoms with E-state index < -0.39 is 0 Å². The minimum absolute atomic E-state index is 0.350. The van der Waals surface area contributed by atoms with Crippen LogP contribution in [0.1, 0.15) is 29.9 Å². The van der Waals surface area contributed by atoms with Crippen LogP contribution >= 0.6 is 11.8 Å². The second-order valence-corrected chi connectivity index (χ2v) is 6.54. The molecule has 0 fully saturated rings. The molecular formula is C19H20N2O2S. The molecule has 0 saturated heterocycles. The van der Waals surface area contributed by atoms with Crippen LogP contribution in [0.15, 0.2) is 64.2 Å². The average molecular weight is 340 g/mol. The molecule has 0 saturated carbocycles. The van der Waals surface area contributed by atoms with Gasteiger partial charge in [-0.25, -0.2) is 0 Å². The quantitative estimate of drug-likeness (QED) is 0.583. The molecule has 0 spiro atoms. The SMILES string of the molecule is COc1cccc(CSc2nnc(CC(C)c3ccccc3)o2)c1. The molecule has 0 aliphatic heterocycles. The summed E-state index contributed by atoms with van der Waals surface area (Å²) in [5.74, 6) is 2.66. The van der Waals surface area contributed by atoms with Crippen molar-refractivity contribution in [1.82, 2.24) is 10.2 Å². The standard InChI is InChI=1S/C19H20N2O2S/c1-14(16-8-4-3-5-9-16)11-18-20-21-19(23-18)24-13-15-7-6-10-17(12-15)22-2/h3-10,12,14H,11,13H2,1-2H3. The van der Waals surface area contributed by atoms with Crippen LogP contribution in [-0.4, -0.2) is 17.3 Å². The van der Waals surface area contributed by atoms with Gasteiger partial charge >= 0.3 is 0 Å². The Bertz CT molecular complexity index is 774. The summed E-state index contributed by atoms with van der Waals surface area (Å²) in [7, 11) is 1.67. The molecule has 1 heterocycles. The first-order valence-electron chi connectivity index (χ1n) is 7.87. The van der Waals surface area contributed by atoms with Crippen LogP contribution in [0.5, 0.6) is 5.75 Å². The van der Waals surface area contributed by atoms with Crippen molar-refractivity contribution in [3.8, 4) is 5.75 Å². The predicted molar refractivity (Wildman–Crippen MR) is 95.4 cm³/mol. The molecule has 2 aromatic carbocycles. The zero-order chi connectivity index (χ0) is 16.8. The number of aromatic nitrogens is 2. The fourth-order valence-corrected chi connectivity index (χ4v) is 3.17. The van der Waals surface area contributed by atoms with Crippen molar-refractivity contribution in [2.45, 2.75) is 30.2 Å². The first-order valence-corrected chi connectivity index (χ1v) is 8.86. The molecule has 5 heteroatoms. The minimum atomic E-state index is 0.350. The Morgan fingerprint density at radius 2 is 1.92 bits per heavy atom. The van der Waals surface area contributed by atoms with E-state index in [4.69, 9.17) is 9.15 Å². The van der Waals surface area contributed by atoms with Crippen molar-refractivity contribution in [3.05, 3.63) is 71.6 Å². The molecule has 0 N–H and O–H groups in total. The summed E-state index contributed by atoms with van der Waals surface area (Å²) >= 11 is 1.54. The summed E-state index contributed by atoms with van der Waals surface area (Å²) in [4.78, 5) is 0. The van der Waals surface area contributed by atoms with E-state index in [1.54, 1.807) is 18.9 Å². The number of rotatable bonds is 7. The fourth-order valence-electron chi connectivity index (χ4n) is 2.45. The van der Waals surface area contributed by atoms with Crippen molar-refractivity contribution in [3.63, 3.8) is 0 Å². The van der Waals surface area contributed by atoms with Gasteiger partial charge in [0.25, 0.3) is 5.22 Å². The molecule has 0 aliphatic carbocycles. The molecule has 3 aromatic rings. The van der Waals surface area contributed by atoms with Gasteiger partial charge in [-0.05, 0) is 29.2 Å². The molecule has 1 atom stereocenters. The van der Waals surface area contributed by atoms with Crippen LogP contribution < -0.4 is 4.74 Å². The molecule has 0 amide bonds. The maximum absolute atomic E-state index is 5.76. The molecule has 0 radical (unpaired) electrons. The van der Waals surface area contributed by atoms with Crippen LogP contribution in [0.25, 0.3) is 0 Å². The lowest BCUT2D eigenvalue weighted by Crippen LogP contribution is -1.98. The largest absolute Gasteiger partial charge is 0.497 e. The molecule has 1 aromatic heterocycles. The summed E-state index contributed by atoms with van der Waals surface area (Å²) in [5.41, 5.74) is 2.44. The van der Waals surface area contributed by atoms with Gasteiger partial charge in [0.15, 0.2) is 0 Å². The van der Waals surface area contributed by atoms with E-state index in [9.17, 15) is 0 Å². The molecule has 3 rings (SSSR count). The Kier molecular flexibility index (Phi) is 5.54. The van der Waals surface area contributed by atoms with E-state index in [2.05, 4.69) is 47.5 Å². The topological polar surface area (TPSA) is 48.2 Å². The van der Waals surface area contributed by atoms with Gasteiger partial charge in [0.1, 0.15) is 5.75 Å². The highest BCUT2D eigenvalue weighted by Gasteiger charge is 2.12. The van der Waals surface area contributed by atoms with E-state index >= 15 is 0 Å². The van der Waals surface area contributed by atoms with Gasteiger partial charge in [0, 0.05) is 12.2 Å². The summed E-state index contributed by atoms with van der Waals surface area (Å²) < 4.78 is 11.0. The second-order valence-electron chi connectivity index (χ2n) is 5.62. The molecule has 24 heavy (non-hydrogen) atoms. The maximum atomic E-state index is 5.76. The highest BCUT2D eigenvalue weighted by atomic mass is 32.2. The molecular weight excluding hydrogens is 320 g/mol. The first kappa shape index (κ1) is 16.6. The Hall–Kier alpha value is -2.27. The highest BCUT2D eigenvalue weighted by Crippen LogP contribution is 2.25. The molecule has 124 valence electrons. The van der Waals surface area contributed by atoms with Gasteiger partial charge in [0.05, 0.1) is 7.11 Å². The number of methoxy groups -OCH3 is 1. The lowest BCUT2D eigenvalue weighted by molar-refractivity contribution is 0.404. The second kappa shape index (κ2) is 8.02.